The SMILES string of the molecule is C=CC(C)(CCl)C[C@H]1CCCO1. The van der Waals surface area contributed by atoms with E-state index in [1.54, 1.807) is 0 Å². The molecule has 0 aromatic rings. The first-order chi connectivity index (χ1) is 5.70. The van der Waals surface area contributed by atoms with Crippen LogP contribution in [0, 0.1) is 5.41 Å². The molecule has 1 fully saturated rings. The summed E-state index contributed by atoms with van der Waals surface area (Å²) >= 11 is 5.86. The molecule has 0 aromatic carbocycles. The molecule has 70 valence electrons. The van der Waals surface area contributed by atoms with Crippen molar-refractivity contribution in [3.63, 3.8) is 0 Å². The van der Waals surface area contributed by atoms with Gasteiger partial charge < -0.3 is 4.74 Å². The van der Waals surface area contributed by atoms with Gasteiger partial charge in [0.25, 0.3) is 0 Å². The van der Waals surface area contributed by atoms with Crippen LogP contribution in [0.1, 0.15) is 26.2 Å². The van der Waals surface area contributed by atoms with Crippen LogP contribution in [0.3, 0.4) is 0 Å². The van der Waals surface area contributed by atoms with E-state index in [1.807, 2.05) is 6.08 Å². The Morgan fingerprint density at radius 1 is 1.75 bits per heavy atom. The molecular weight excluding hydrogens is 172 g/mol. The number of halogens is 1. The van der Waals surface area contributed by atoms with E-state index in [1.165, 1.54) is 12.8 Å². The maximum atomic E-state index is 5.86. The molecule has 1 aliphatic heterocycles. The smallest absolute Gasteiger partial charge is 0.0584 e. The third-order valence-corrected chi connectivity index (χ3v) is 3.13. The number of rotatable bonds is 4. The molecule has 0 bridgehead atoms. The van der Waals surface area contributed by atoms with Gasteiger partial charge in [-0.2, -0.15) is 0 Å². The van der Waals surface area contributed by atoms with Gasteiger partial charge in [-0.1, -0.05) is 13.0 Å². The normalized spacial score (nSPS) is 28.3. The minimum atomic E-state index is 0.0521. The number of hydrogen-bond donors (Lipinski definition) is 0. The van der Waals surface area contributed by atoms with Crippen molar-refractivity contribution in [3.8, 4) is 0 Å². The Morgan fingerprint density at radius 2 is 2.50 bits per heavy atom. The topological polar surface area (TPSA) is 9.23 Å². The van der Waals surface area contributed by atoms with Gasteiger partial charge in [0.15, 0.2) is 0 Å². The number of hydrogen-bond acceptors (Lipinski definition) is 1. The zero-order valence-electron chi connectivity index (χ0n) is 7.68. The average molecular weight is 189 g/mol. The van der Waals surface area contributed by atoms with Crippen molar-refractivity contribution in [1.82, 2.24) is 0 Å². The van der Waals surface area contributed by atoms with Crippen molar-refractivity contribution in [3.05, 3.63) is 12.7 Å². The van der Waals surface area contributed by atoms with Gasteiger partial charge in [-0.3, -0.25) is 0 Å². The molecule has 1 heterocycles. The Hall–Kier alpha value is -0.0100. The second kappa shape index (κ2) is 4.29. The highest BCUT2D eigenvalue weighted by atomic mass is 35.5. The lowest BCUT2D eigenvalue weighted by atomic mass is 9.86. The molecule has 0 N–H and O–H groups in total. The lowest BCUT2D eigenvalue weighted by Crippen LogP contribution is -2.22. The van der Waals surface area contributed by atoms with Crippen molar-refractivity contribution in [2.45, 2.75) is 32.3 Å². The Morgan fingerprint density at radius 3 is 2.92 bits per heavy atom. The van der Waals surface area contributed by atoms with E-state index in [2.05, 4.69) is 13.5 Å². The first kappa shape index (κ1) is 10.1. The summed E-state index contributed by atoms with van der Waals surface area (Å²) in [6.45, 7) is 6.86. The van der Waals surface area contributed by atoms with Crippen molar-refractivity contribution in [2.24, 2.45) is 5.41 Å². The Kier molecular flexibility index (Phi) is 3.60. The fraction of sp³-hybridized carbons (Fsp3) is 0.800. The Balaban J connectivity index is 2.40. The van der Waals surface area contributed by atoms with E-state index in [9.17, 15) is 0 Å². The highest BCUT2D eigenvalue weighted by Crippen LogP contribution is 2.30. The molecule has 1 unspecified atom stereocenters. The van der Waals surface area contributed by atoms with Crippen LogP contribution in [0.5, 0.6) is 0 Å². The van der Waals surface area contributed by atoms with Crippen LogP contribution in [0.15, 0.2) is 12.7 Å². The summed E-state index contributed by atoms with van der Waals surface area (Å²) < 4.78 is 5.55. The molecule has 2 heteroatoms. The quantitative estimate of drug-likeness (QED) is 0.487. The van der Waals surface area contributed by atoms with Crippen LogP contribution < -0.4 is 0 Å². The lowest BCUT2D eigenvalue weighted by Gasteiger charge is -2.25. The van der Waals surface area contributed by atoms with E-state index in [0.29, 0.717) is 12.0 Å². The molecular formula is C10H17ClO. The molecule has 0 amide bonds. The van der Waals surface area contributed by atoms with E-state index in [4.69, 9.17) is 16.3 Å². The van der Waals surface area contributed by atoms with Gasteiger partial charge in [0.05, 0.1) is 6.10 Å². The van der Waals surface area contributed by atoms with Crippen LogP contribution in [0.25, 0.3) is 0 Å². The standard InChI is InChI=1S/C10H17ClO/c1-3-10(2,8-11)7-9-5-4-6-12-9/h3,9H,1,4-8H2,2H3/t9-,10?/m1/s1. The second-order valence-corrected chi connectivity index (χ2v) is 4.10. The molecule has 1 rings (SSSR count). The van der Waals surface area contributed by atoms with Crippen LogP contribution in [0.2, 0.25) is 0 Å². The van der Waals surface area contributed by atoms with Gasteiger partial charge in [0.2, 0.25) is 0 Å². The molecule has 0 aromatic heterocycles. The van der Waals surface area contributed by atoms with Gasteiger partial charge in [0.1, 0.15) is 0 Å². The molecule has 1 saturated heterocycles. The predicted molar refractivity (Wildman–Crippen MR) is 52.6 cm³/mol. The molecule has 12 heavy (non-hydrogen) atoms. The summed E-state index contributed by atoms with van der Waals surface area (Å²) in [5.74, 6) is 0.635. The van der Waals surface area contributed by atoms with E-state index in [-0.39, 0.29) is 5.41 Å². The van der Waals surface area contributed by atoms with Gasteiger partial charge in [-0.05, 0) is 19.3 Å². The fourth-order valence-electron chi connectivity index (χ4n) is 1.52. The van der Waals surface area contributed by atoms with Gasteiger partial charge in [-0.25, -0.2) is 0 Å². The zero-order chi connectivity index (χ0) is 9.03. The summed E-state index contributed by atoms with van der Waals surface area (Å²) in [6, 6.07) is 0. The van der Waals surface area contributed by atoms with Gasteiger partial charge in [-0.15, -0.1) is 18.2 Å². The summed E-state index contributed by atoms with van der Waals surface area (Å²) in [5, 5.41) is 0. The third-order valence-electron chi connectivity index (χ3n) is 2.52. The second-order valence-electron chi connectivity index (χ2n) is 3.83. The zero-order valence-corrected chi connectivity index (χ0v) is 8.44. The van der Waals surface area contributed by atoms with Gasteiger partial charge in [0, 0.05) is 17.9 Å². The average Bonchev–Trinajstić information content (AvgIpc) is 2.57. The lowest BCUT2D eigenvalue weighted by molar-refractivity contribution is 0.0830. The minimum Gasteiger partial charge on any atom is -0.378 e. The first-order valence-corrected chi connectivity index (χ1v) is 5.05. The maximum Gasteiger partial charge on any atom is 0.0584 e. The van der Waals surface area contributed by atoms with Crippen LogP contribution >= 0.6 is 11.6 Å². The van der Waals surface area contributed by atoms with Crippen LogP contribution in [0.4, 0.5) is 0 Å². The molecule has 1 aliphatic rings. The number of alkyl halides is 1. The van der Waals surface area contributed by atoms with Crippen LogP contribution in [-0.4, -0.2) is 18.6 Å². The Labute approximate surface area is 79.7 Å². The van der Waals surface area contributed by atoms with Crippen molar-refractivity contribution in [1.29, 1.82) is 0 Å². The van der Waals surface area contributed by atoms with Crippen molar-refractivity contribution in [2.75, 3.05) is 12.5 Å². The summed E-state index contributed by atoms with van der Waals surface area (Å²) in [7, 11) is 0. The molecule has 0 spiro atoms. The largest absolute Gasteiger partial charge is 0.378 e. The number of ether oxygens (including phenoxy) is 1. The first-order valence-electron chi connectivity index (χ1n) is 4.51. The highest BCUT2D eigenvalue weighted by molar-refractivity contribution is 6.18. The van der Waals surface area contributed by atoms with E-state index >= 15 is 0 Å². The summed E-state index contributed by atoms with van der Waals surface area (Å²) in [4.78, 5) is 0. The molecule has 0 saturated carbocycles. The van der Waals surface area contributed by atoms with E-state index in [0.717, 1.165) is 13.0 Å². The van der Waals surface area contributed by atoms with Crippen LogP contribution in [-0.2, 0) is 4.74 Å². The van der Waals surface area contributed by atoms with Gasteiger partial charge >= 0.3 is 0 Å². The fourth-order valence-corrected chi connectivity index (χ4v) is 1.74. The minimum absolute atomic E-state index is 0.0521. The van der Waals surface area contributed by atoms with E-state index < -0.39 is 0 Å². The predicted octanol–water partition coefficient (Wildman–Crippen LogP) is 2.99. The monoisotopic (exact) mass is 188 g/mol. The molecule has 1 nitrogen and oxygen atoms in total. The summed E-state index contributed by atoms with van der Waals surface area (Å²) in [5.41, 5.74) is 0.0521. The maximum absolute atomic E-state index is 5.86. The van der Waals surface area contributed by atoms with Crippen molar-refractivity contribution >= 4 is 11.6 Å². The molecule has 0 radical (unpaired) electrons. The number of allylic oxidation sites excluding steroid dienone is 1. The molecule has 2 atom stereocenters. The Bertz CT molecular complexity index is 152. The van der Waals surface area contributed by atoms with Crippen molar-refractivity contribution < 1.29 is 4.74 Å². The molecule has 0 aliphatic carbocycles. The third kappa shape index (κ3) is 2.49. The highest BCUT2D eigenvalue weighted by Gasteiger charge is 2.26. The summed E-state index contributed by atoms with van der Waals surface area (Å²) in [6.07, 6.45) is 5.74.